The van der Waals surface area contributed by atoms with Crippen molar-refractivity contribution in [1.29, 1.82) is 0 Å². The number of rotatable bonds is 5. The molecule has 0 fully saturated rings. The summed E-state index contributed by atoms with van der Waals surface area (Å²) >= 11 is 0. The molecule has 3 rings (SSSR count). The summed E-state index contributed by atoms with van der Waals surface area (Å²) in [5.74, 6) is -0.156. The summed E-state index contributed by atoms with van der Waals surface area (Å²) in [6.07, 6.45) is 0. The Balaban J connectivity index is 2.22. The van der Waals surface area contributed by atoms with Gasteiger partial charge in [0.05, 0.1) is 5.69 Å². The molecule has 0 aliphatic rings. The Morgan fingerprint density at radius 3 is 2.11 bits per heavy atom. The van der Waals surface area contributed by atoms with Crippen molar-refractivity contribution in [2.75, 3.05) is 0 Å². The number of aryl methyl sites for hydroxylation is 2. The van der Waals surface area contributed by atoms with Crippen molar-refractivity contribution in [3.8, 4) is 0 Å². The van der Waals surface area contributed by atoms with Gasteiger partial charge in [0.25, 0.3) is 0 Å². The molecule has 2 N–H and O–H groups in total. The van der Waals surface area contributed by atoms with Gasteiger partial charge in [-0.1, -0.05) is 60.2 Å². The second-order valence-electron chi connectivity index (χ2n) is 7.26. The van der Waals surface area contributed by atoms with E-state index in [1.807, 2.05) is 25.1 Å². The second kappa shape index (κ2) is 7.04. The molecule has 2 aromatic carbocycles. The number of hydrogen-bond donors (Lipinski definition) is 1. The Morgan fingerprint density at radius 1 is 1.00 bits per heavy atom. The van der Waals surface area contributed by atoms with Gasteiger partial charge in [-0.05, 0) is 38.0 Å². The van der Waals surface area contributed by atoms with E-state index in [9.17, 15) is 13.2 Å². The van der Waals surface area contributed by atoms with E-state index in [1.165, 1.54) is 0 Å². The van der Waals surface area contributed by atoms with Gasteiger partial charge in [-0.2, -0.15) is 0 Å². The molecule has 6 heteroatoms. The largest absolute Gasteiger partial charge is 0.343 e. The zero-order valence-corrected chi connectivity index (χ0v) is 17.2. The molecule has 0 radical (unpaired) electrons. The van der Waals surface area contributed by atoms with Crippen LogP contribution >= 0.6 is 0 Å². The van der Waals surface area contributed by atoms with Crippen molar-refractivity contribution >= 4 is 15.8 Å². The summed E-state index contributed by atoms with van der Waals surface area (Å²) in [4.78, 5) is 13.1. The highest BCUT2D eigenvalue weighted by atomic mass is 32.2. The highest BCUT2D eigenvalue weighted by Gasteiger charge is 2.43. The maximum absolute atomic E-state index is 13.1. The fraction of sp³-hybridized carbons (Fsp3) is 0.227. The molecule has 5 nitrogen and oxygen atoms in total. The molecular formula is C22H24N2O3S. The normalized spacial score (nSPS) is 13.9. The number of ketones is 1. The molecule has 3 aromatic rings. The van der Waals surface area contributed by atoms with Crippen molar-refractivity contribution in [2.45, 2.75) is 25.5 Å². The molecule has 146 valence electrons. The van der Waals surface area contributed by atoms with Crippen LogP contribution in [0.3, 0.4) is 0 Å². The molecule has 0 aliphatic carbocycles. The van der Waals surface area contributed by atoms with Gasteiger partial charge in [0.1, 0.15) is 4.75 Å². The number of nitrogens with two attached hydrogens (primary N) is 1. The molecule has 0 bridgehead atoms. The van der Waals surface area contributed by atoms with E-state index < -0.39 is 14.8 Å². The summed E-state index contributed by atoms with van der Waals surface area (Å²) in [6, 6.07) is 17.9. The number of primary sulfonamides is 1. The number of nitrogens with zero attached hydrogens (tertiary/aromatic N) is 1. The van der Waals surface area contributed by atoms with Crippen LogP contribution in [0.2, 0.25) is 0 Å². The quantitative estimate of drug-likeness (QED) is 0.671. The lowest BCUT2D eigenvalue weighted by atomic mass is 9.96. The monoisotopic (exact) mass is 396 g/mol. The SMILES string of the molecule is Cc1ccc(C(=O)c2c(C)cc(C(C)(c3ccccc3)S(N)(=O)=O)n2C)cc1. The third-order valence-electron chi connectivity index (χ3n) is 5.33. The van der Waals surface area contributed by atoms with Crippen molar-refractivity contribution in [1.82, 2.24) is 4.57 Å². The fourth-order valence-corrected chi connectivity index (χ4v) is 4.55. The van der Waals surface area contributed by atoms with E-state index in [4.69, 9.17) is 5.14 Å². The third-order valence-corrected chi connectivity index (χ3v) is 6.92. The maximum Gasteiger partial charge on any atom is 0.224 e. The average molecular weight is 397 g/mol. The fourth-order valence-electron chi connectivity index (χ4n) is 3.60. The average Bonchev–Trinajstić information content (AvgIpc) is 2.95. The van der Waals surface area contributed by atoms with E-state index in [0.717, 1.165) is 5.56 Å². The predicted molar refractivity (Wildman–Crippen MR) is 111 cm³/mol. The number of sulfonamides is 1. The number of benzene rings is 2. The molecule has 1 aromatic heterocycles. The number of carbonyl (C=O) groups is 1. The molecule has 1 atom stereocenters. The Hall–Kier alpha value is -2.70. The summed E-state index contributed by atoms with van der Waals surface area (Å²) in [6.45, 7) is 5.34. The first-order chi connectivity index (χ1) is 13.1. The van der Waals surface area contributed by atoms with Crippen molar-refractivity contribution in [2.24, 2.45) is 12.2 Å². The number of hydrogen-bond acceptors (Lipinski definition) is 3. The van der Waals surface area contributed by atoms with Gasteiger partial charge < -0.3 is 4.57 Å². The molecular weight excluding hydrogens is 372 g/mol. The first-order valence-electron chi connectivity index (χ1n) is 8.93. The van der Waals surface area contributed by atoms with Crippen molar-refractivity contribution in [3.05, 3.63) is 94.3 Å². The molecule has 0 saturated carbocycles. The van der Waals surface area contributed by atoms with E-state index in [2.05, 4.69) is 0 Å². The van der Waals surface area contributed by atoms with Crippen LogP contribution in [0.15, 0.2) is 60.7 Å². The topological polar surface area (TPSA) is 82.2 Å². The van der Waals surface area contributed by atoms with Crippen LogP contribution < -0.4 is 5.14 Å². The van der Waals surface area contributed by atoms with Crippen LogP contribution in [-0.4, -0.2) is 18.8 Å². The predicted octanol–water partition coefficient (Wildman–Crippen LogP) is 3.42. The van der Waals surface area contributed by atoms with Crippen LogP contribution in [0.25, 0.3) is 0 Å². The van der Waals surface area contributed by atoms with Crippen molar-refractivity contribution in [3.63, 3.8) is 0 Å². The smallest absolute Gasteiger partial charge is 0.224 e. The standard InChI is InChI=1S/C22H24N2O3S/c1-15-10-12-17(13-11-15)21(25)20-16(2)14-19(24(20)4)22(3,28(23,26)27)18-8-6-5-7-9-18/h5-14H,1-4H3,(H2,23,26,27). The summed E-state index contributed by atoms with van der Waals surface area (Å²) in [5.41, 5.74) is 3.77. The molecule has 0 aliphatic heterocycles. The molecule has 0 saturated heterocycles. The minimum atomic E-state index is -4.02. The van der Waals surface area contributed by atoms with E-state index in [1.54, 1.807) is 67.9 Å². The molecule has 1 unspecified atom stereocenters. The highest BCUT2D eigenvalue weighted by molar-refractivity contribution is 7.90. The first-order valence-corrected chi connectivity index (χ1v) is 10.5. The molecule has 1 heterocycles. The zero-order valence-electron chi connectivity index (χ0n) is 16.4. The minimum absolute atomic E-state index is 0.156. The van der Waals surface area contributed by atoms with Crippen LogP contribution in [-0.2, 0) is 21.8 Å². The number of aromatic nitrogens is 1. The van der Waals surface area contributed by atoms with Gasteiger partial charge in [0.2, 0.25) is 15.8 Å². The van der Waals surface area contributed by atoms with Gasteiger partial charge in [0, 0.05) is 18.3 Å². The summed E-state index contributed by atoms with van der Waals surface area (Å²) in [7, 11) is -2.32. The molecule has 0 spiro atoms. The lowest BCUT2D eigenvalue weighted by Gasteiger charge is -2.29. The van der Waals surface area contributed by atoms with E-state index >= 15 is 0 Å². The molecule has 0 amide bonds. The Morgan fingerprint density at radius 2 is 1.57 bits per heavy atom. The van der Waals surface area contributed by atoms with Crippen LogP contribution in [0.1, 0.15) is 45.4 Å². The minimum Gasteiger partial charge on any atom is -0.343 e. The van der Waals surface area contributed by atoms with E-state index in [-0.39, 0.29) is 5.78 Å². The third kappa shape index (κ3) is 3.19. The second-order valence-corrected chi connectivity index (χ2v) is 9.17. The summed E-state index contributed by atoms with van der Waals surface area (Å²) < 4.78 is 25.5. The highest BCUT2D eigenvalue weighted by Crippen LogP contribution is 2.38. The van der Waals surface area contributed by atoms with E-state index in [0.29, 0.717) is 28.1 Å². The van der Waals surface area contributed by atoms with Crippen LogP contribution in [0, 0.1) is 13.8 Å². The van der Waals surface area contributed by atoms with Crippen molar-refractivity contribution < 1.29 is 13.2 Å². The Labute approximate surface area is 165 Å². The Bertz CT molecular complexity index is 1130. The lowest BCUT2D eigenvalue weighted by molar-refractivity contribution is 0.103. The van der Waals surface area contributed by atoms with Gasteiger partial charge >= 0.3 is 0 Å². The van der Waals surface area contributed by atoms with Crippen LogP contribution in [0.4, 0.5) is 0 Å². The van der Waals surface area contributed by atoms with Gasteiger partial charge in [-0.15, -0.1) is 0 Å². The maximum atomic E-state index is 13.1. The van der Waals surface area contributed by atoms with Gasteiger partial charge in [0.15, 0.2) is 0 Å². The van der Waals surface area contributed by atoms with Crippen LogP contribution in [0.5, 0.6) is 0 Å². The number of carbonyl (C=O) groups excluding carboxylic acids is 1. The molecule has 28 heavy (non-hydrogen) atoms. The Kier molecular flexibility index (Phi) is 5.04. The first kappa shape index (κ1) is 20.0. The van der Waals surface area contributed by atoms with Gasteiger partial charge in [-0.3, -0.25) is 4.79 Å². The lowest BCUT2D eigenvalue weighted by Crippen LogP contribution is -2.40. The zero-order chi connectivity index (χ0) is 20.7. The summed E-state index contributed by atoms with van der Waals surface area (Å²) in [5, 5.41) is 5.68. The van der Waals surface area contributed by atoms with Gasteiger partial charge in [-0.25, -0.2) is 13.6 Å².